The minimum Gasteiger partial charge on any atom is -0.334 e. The molecule has 0 aromatic rings. The number of hydrogen-bond donors (Lipinski definition) is 0. The first kappa shape index (κ1) is 10.1. The Labute approximate surface area is 80.3 Å². The van der Waals surface area contributed by atoms with Crippen LogP contribution in [0.15, 0.2) is 0 Å². The number of carbonyl (C=O) groups excluding carboxylic acids is 1. The third-order valence-electron chi connectivity index (χ3n) is 2.66. The maximum absolute atomic E-state index is 11.7. The van der Waals surface area contributed by atoms with Crippen LogP contribution < -0.4 is 0 Å². The van der Waals surface area contributed by atoms with Crippen LogP contribution in [0, 0.1) is 18.3 Å². The lowest BCUT2D eigenvalue weighted by Crippen LogP contribution is -2.34. The van der Waals surface area contributed by atoms with Crippen LogP contribution >= 0.6 is 0 Å². The second kappa shape index (κ2) is 4.91. The molecule has 2 nitrogen and oxygen atoms in total. The first-order valence-electron chi connectivity index (χ1n) is 4.94. The zero-order chi connectivity index (χ0) is 9.68. The molecule has 2 heteroatoms. The molecule has 1 saturated carbocycles. The van der Waals surface area contributed by atoms with Crippen molar-refractivity contribution in [2.24, 2.45) is 5.92 Å². The van der Waals surface area contributed by atoms with Crippen LogP contribution in [-0.4, -0.2) is 24.4 Å². The molecular weight excluding hydrogens is 162 g/mol. The molecule has 0 spiro atoms. The van der Waals surface area contributed by atoms with Gasteiger partial charge in [-0.05, 0) is 12.8 Å². The van der Waals surface area contributed by atoms with Gasteiger partial charge >= 0.3 is 0 Å². The molecule has 0 bridgehead atoms. The van der Waals surface area contributed by atoms with Crippen molar-refractivity contribution in [2.45, 2.75) is 32.1 Å². The normalized spacial score (nSPS) is 17.8. The number of terminal acetylenes is 1. The van der Waals surface area contributed by atoms with E-state index in [0.717, 1.165) is 12.8 Å². The summed E-state index contributed by atoms with van der Waals surface area (Å²) in [5, 5.41) is 0. The summed E-state index contributed by atoms with van der Waals surface area (Å²) in [7, 11) is 1.79. The molecule has 1 rings (SSSR count). The molecule has 0 unspecified atom stereocenters. The van der Waals surface area contributed by atoms with Gasteiger partial charge in [0.15, 0.2) is 0 Å². The highest BCUT2D eigenvalue weighted by Gasteiger charge is 2.23. The van der Waals surface area contributed by atoms with Crippen LogP contribution in [-0.2, 0) is 4.79 Å². The second-order valence-corrected chi connectivity index (χ2v) is 3.73. The van der Waals surface area contributed by atoms with E-state index in [-0.39, 0.29) is 11.8 Å². The zero-order valence-electron chi connectivity index (χ0n) is 8.25. The highest BCUT2D eigenvalue weighted by atomic mass is 16.2. The van der Waals surface area contributed by atoms with Gasteiger partial charge in [0.05, 0.1) is 6.54 Å². The van der Waals surface area contributed by atoms with Crippen molar-refractivity contribution < 1.29 is 4.79 Å². The van der Waals surface area contributed by atoms with Gasteiger partial charge in [0, 0.05) is 13.0 Å². The molecule has 0 aliphatic heterocycles. The summed E-state index contributed by atoms with van der Waals surface area (Å²) in [4.78, 5) is 13.4. The molecule has 13 heavy (non-hydrogen) atoms. The Morgan fingerprint density at radius 1 is 1.46 bits per heavy atom. The molecule has 0 radical (unpaired) electrons. The van der Waals surface area contributed by atoms with Crippen LogP contribution in [0.1, 0.15) is 32.1 Å². The number of nitrogens with zero attached hydrogens (tertiary/aromatic N) is 1. The molecule has 0 N–H and O–H groups in total. The van der Waals surface area contributed by atoms with Gasteiger partial charge < -0.3 is 4.90 Å². The van der Waals surface area contributed by atoms with Crippen LogP contribution in [0.2, 0.25) is 0 Å². The third kappa shape index (κ3) is 2.77. The standard InChI is InChI=1S/C11H17NO/c1-3-9-12(2)11(13)10-7-5-4-6-8-10/h1,10H,4-9H2,2H3. The Morgan fingerprint density at radius 2 is 2.08 bits per heavy atom. The molecule has 0 heterocycles. The smallest absolute Gasteiger partial charge is 0.226 e. The van der Waals surface area contributed by atoms with E-state index in [2.05, 4.69) is 5.92 Å². The van der Waals surface area contributed by atoms with Crippen molar-refractivity contribution in [1.29, 1.82) is 0 Å². The Kier molecular flexibility index (Phi) is 3.82. The van der Waals surface area contributed by atoms with Gasteiger partial charge in [-0.15, -0.1) is 6.42 Å². The summed E-state index contributed by atoms with van der Waals surface area (Å²) in [6, 6.07) is 0. The average molecular weight is 179 g/mol. The summed E-state index contributed by atoms with van der Waals surface area (Å²) >= 11 is 0. The van der Waals surface area contributed by atoms with E-state index in [0.29, 0.717) is 6.54 Å². The number of amides is 1. The predicted octanol–water partition coefficient (Wildman–Crippen LogP) is 1.66. The van der Waals surface area contributed by atoms with Crippen LogP contribution in [0.25, 0.3) is 0 Å². The SMILES string of the molecule is C#CCN(C)C(=O)C1CCCCC1. The highest BCUT2D eigenvalue weighted by Crippen LogP contribution is 2.24. The predicted molar refractivity (Wildman–Crippen MR) is 53.0 cm³/mol. The van der Waals surface area contributed by atoms with Crippen molar-refractivity contribution in [3.05, 3.63) is 0 Å². The van der Waals surface area contributed by atoms with Crippen LogP contribution in [0.3, 0.4) is 0 Å². The summed E-state index contributed by atoms with van der Waals surface area (Å²) in [6.45, 7) is 0.440. The van der Waals surface area contributed by atoms with E-state index in [1.54, 1.807) is 11.9 Å². The summed E-state index contributed by atoms with van der Waals surface area (Å²) in [5.41, 5.74) is 0. The maximum Gasteiger partial charge on any atom is 0.226 e. The molecule has 0 aromatic carbocycles. The van der Waals surface area contributed by atoms with E-state index in [1.165, 1.54) is 19.3 Å². The molecule has 1 aliphatic rings. The van der Waals surface area contributed by atoms with Gasteiger partial charge in [-0.25, -0.2) is 0 Å². The molecule has 0 saturated heterocycles. The quantitative estimate of drug-likeness (QED) is 0.590. The van der Waals surface area contributed by atoms with Gasteiger partial charge in [-0.1, -0.05) is 25.2 Å². The van der Waals surface area contributed by atoms with Crippen molar-refractivity contribution in [2.75, 3.05) is 13.6 Å². The van der Waals surface area contributed by atoms with Gasteiger partial charge in [0.1, 0.15) is 0 Å². The maximum atomic E-state index is 11.7. The second-order valence-electron chi connectivity index (χ2n) is 3.73. The molecule has 0 aromatic heterocycles. The number of carbonyl (C=O) groups is 1. The van der Waals surface area contributed by atoms with Gasteiger partial charge in [-0.3, -0.25) is 4.79 Å². The molecule has 1 aliphatic carbocycles. The largest absolute Gasteiger partial charge is 0.334 e. The summed E-state index contributed by atoms with van der Waals surface area (Å²) < 4.78 is 0. The van der Waals surface area contributed by atoms with Crippen LogP contribution in [0.4, 0.5) is 0 Å². The molecular formula is C11H17NO. The monoisotopic (exact) mass is 179 g/mol. The number of hydrogen-bond acceptors (Lipinski definition) is 1. The van der Waals surface area contributed by atoms with Gasteiger partial charge in [-0.2, -0.15) is 0 Å². The Hall–Kier alpha value is -0.970. The molecule has 1 amide bonds. The minimum absolute atomic E-state index is 0.234. The highest BCUT2D eigenvalue weighted by molar-refractivity contribution is 5.78. The minimum atomic E-state index is 0.234. The van der Waals surface area contributed by atoms with Crippen molar-refractivity contribution >= 4 is 5.91 Å². The topological polar surface area (TPSA) is 20.3 Å². The average Bonchev–Trinajstić information content (AvgIpc) is 2.18. The Bertz CT molecular complexity index is 211. The molecule has 0 atom stereocenters. The van der Waals surface area contributed by atoms with Crippen molar-refractivity contribution in [3.8, 4) is 12.3 Å². The fraction of sp³-hybridized carbons (Fsp3) is 0.727. The molecule has 72 valence electrons. The Morgan fingerprint density at radius 3 is 2.62 bits per heavy atom. The lowest BCUT2D eigenvalue weighted by atomic mass is 9.88. The summed E-state index contributed by atoms with van der Waals surface area (Å²) in [6.07, 6.45) is 10.9. The fourth-order valence-corrected chi connectivity index (χ4v) is 1.88. The van der Waals surface area contributed by atoms with E-state index in [9.17, 15) is 4.79 Å². The van der Waals surface area contributed by atoms with Crippen molar-refractivity contribution in [1.82, 2.24) is 4.90 Å². The van der Waals surface area contributed by atoms with Gasteiger partial charge in [0.25, 0.3) is 0 Å². The number of rotatable bonds is 2. The van der Waals surface area contributed by atoms with E-state index in [4.69, 9.17) is 6.42 Å². The third-order valence-corrected chi connectivity index (χ3v) is 2.66. The van der Waals surface area contributed by atoms with Crippen LogP contribution in [0.5, 0.6) is 0 Å². The zero-order valence-corrected chi connectivity index (χ0v) is 8.25. The first-order valence-corrected chi connectivity index (χ1v) is 4.94. The lowest BCUT2D eigenvalue weighted by Gasteiger charge is -2.25. The summed E-state index contributed by atoms with van der Waals surface area (Å²) in [5.74, 6) is 2.97. The fourth-order valence-electron chi connectivity index (χ4n) is 1.88. The lowest BCUT2D eigenvalue weighted by molar-refractivity contribution is -0.134. The molecule has 1 fully saturated rings. The van der Waals surface area contributed by atoms with Gasteiger partial charge in [0.2, 0.25) is 5.91 Å². The van der Waals surface area contributed by atoms with E-state index < -0.39 is 0 Å². The van der Waals surface area contributed by atoms with E-state index >= 15 is 0 Å². The Balaban J connectivity index is 2.41. The van der Waals surface area contributed by atoms with Crippen molar-refractivity contribution in [3.63, 3.8) is 0 Å². The van der Waals surface area contributed by atoms with E-state index in [1.807, 2.05) is 0 Å². The first-order chi connectivity index (χ1) is 6.25.